The van der Waals surface area contributed by atoms with Crippen LogP contribution < -0.4 is 20.7 Å². The first-order chi connectivity index (χ1) is 22.7. The summed E-state index contributed by atoms with van der Waals surface area (Å²) in [7, 11) is 1.58. The van der Waals surface area contributed by atoms with E-state index in [1.54, 1.807) is 13.2 Å². The molecule has 0 bridgehead atoms. The molecule has 0 saturated carbocycles. The number of aliphatic hydroxyl groups is 1. The van der Waals surface area contributed by atoms with E-state index < -0.39 is 0 Å². The fourth-order valence-corrected chi connectivity index (χ4v) is 7.36. The Balaban J connectivity index is 1.16. The molecule has 1 amide bonds. The first-order valence-electron chi connectivity index (χ1n) is 15.7. The predicted octanol–water partition coefficient (Wildman–Crippen LogP) is 3.87. The van der Waals surface area contributed by atoms with Crippen LogP contribution in [-0.2, 0) is 20.9 Å². The Kier molecular flexibility index (Phi) is 10.2. The second-order valence-corrected chi connectivity index (χ2v) is 13.5. The molecule has 250 valence electrons. The van der Waals surface area contributed by atoms with Gasteiger partial charge in [0.25, 0.3) is 5.91 Å². The van der Waals surface area contributed by atoms with Gasteiger partial charge in [-0.1, -0.05) is 35.5 Å². The summed E-state index contributed by atoms with van der Waals surface area (Å²) in [6.07, 6.45) is 5.68. The summed E-state index contributed by atoms with van der Waals surface area (Å²) in [6.45, 7) is 6.75. The van der Waals surface area contributed by atoms with Gasteiger partial charge in [0.2, 0.25) is 0 Å². The van der Waals surface area contributed by atoms with E-state index in [0.717, 1.165) is 42.1 Å². The lowest BCUT2D eigenvalue weighted by atomic mass is 9.73. The molecule has 0 aliphatic carbocycles. The van der Waals surface area contributed by atoms with Crippen LogP contribution in [0.15, 0.2) is 52.6 Å². The molecular weight excluding hydrogens is 642 g/mol. The Labute approximate surface area is 283 Å². The normalized spacial score (nSPS) is 19.1. The molecule has 14 heteroatoms. The quantitative estimate of drug-likeness (QED) is 0.198. The number of rotatable bonds is 11. The molecule has 12 nitrogen and oxygen atoms in total. The molecule has 4 aromatic rings. The minimum absolute atomic E-state index is 0.00551. The number of aliphatic hydroxyl groups excluding tert-OH is 1. The number of imidazole rings is 1. The van der Waals surface area contributed by atoms with Gasteiger partial charge in [0.1, 0.15) is 16.5 Å². The number of carbonyl (C=O) groups excluding carboxylic acids is 1. The highest BCUT2D eigenvalue weighted by Crippen LogP contribution is 2.43. The number of hydrogen-bond acceptors (Lipinski definition) is 11. The summed E-state index contributed by atoms with van der Waals surface area (Å²) in [4.78, 5) is 29.5. The third-order valence-corrected chi connectivity index (χ3v) is 10.6. The van der Waals surface area contributed by atoms with E-state index >= 15 is 0 Å². The number of nitrogens with zero attached hydrogens (tertiary/aromatic N) is 5. The molecule has 47 heavy (non-hydrogen) atoms. The number of halogens is 1. The van der Waals surface area contributed by atoms with Crippen LogP contribution in [0.2, 0.25) is 5.02 Å². The van der Waals surface area contributed by atoms with Gasteiger partial charge in [0.15, 0.2) is 18.1 Å². The highest BCUT2D eigenvalue weighted by atomic mass is 35.5. The van der Waals surface area contributed by atoms with Crippen molar-refractivity contribution in [2.24, 2.45) is 11.1 Å². The van der Waals surface area contributed by atoms with Crippen molar-refractivity contribution in [3.63, 3.8) is 0 Å². The fourth-order valence-electron chi connectivity index (χ4n) is 6.18. The Bertz CT molecular complexity index is 1750. The molecule has 6 rings (SSSR count). The average molecular weight is 682 g/mol. The monoisotopic (exact) mass is 681 g/mol. The zero-order valence-corrected chi connectivity index (χ0v) is 28.3. The summed E-state index contributed by atoms with van der Waals surface area (Å²) in [5.41, 5.74) is 9.90. The zero-order chi connectivity index (χ0) is 33.1. The molecule has 2 atom stereocenters. The number of hydrogen-bond donors (Lipinski definition) is 3. The van der Waals surface area contributed by atoms with Crippen molar-refractivity contribution >= 4 is 40.7 Å². The molecule has 0 unspecified atom stereocenters. The van der Waals surface area contributed by atoms with Crippen molar-refractivity contribution < 1.29 is 24.1 Å². The van der Waals surface area contributed by atoms with Crippen LogP contribution in [0.4, 0.5) is 5.82 Å². The largest absolute Gasteiger partial charge is 0.484 e. The van der Waals surface area contributed by atoms with E-state index in [4.69, 9.17) is 46.5 Å². The van der Waals surface area contributed by atoms with Crippen LogP contribution in [0, 0.1) is 12.3 Å². The van der Waals surface area contributed by atoms with E-state index in [1.165, 1.54) is 11.8 Å². The van der Waals surface area contributed by atoms with Crippen molar-refractivity contribution in [1.82, 2.24) is 24.7 Å². The van der Waals surface area contributed by atoms with Gasteiger partial charge in [-0.2, -0.15) is 0 Å². The van der Waals surface area contributed by atoms with Crippen LogP contribution in [0.5, 0.6) is 5.75 Å². The molecule has 2 aliphatic heterocycles. The van der Waals surface area contributed by atoms with Crippen molar-refractivity contribution in [3.05, 3.63) is 59.1 Å². The van der Waals surface area contributed by atoms with Crippen LogP contribution in [-0.4, -0.2) is 89.1 Å². The van der Waals surface area contributed by atoms with Crippen LogP contribution >= 0.6 is 23.4 Å². The lowest BCUT2D eigenvalue weighted by molar-refractivity contribution is -0.123. The number of methoxy groups -OCH3 is 1. The van der Waals surface area contributed by atoms with Gasteiger partial charge in [0.05, 0.1) is 42.3 Å². The summed E-state index contributed by atoms with van der Waals surface area (Å²) < 4.78 is 18.4. The van der Waals surface area contributed by atoms with Crippen LogP contribution in [0.3, 0.4) is 0 Å². The number of amides is 1. The number of piperidine rings is 1. The van der Waals surface area contributed by atoms with Crippen molar-refractivity contribution in [1.29, 1.82) is 0 Å². The van der Waals surface area contributed by atoms with Gasteiger partial charge in [-0.15, -0.1) is 0 Å². The average Bonchev–Trinajstić information content (AvgIpc) is 3.64. The van der Waals surface area contributed by atoms with Crippen molar-refractivity contribution in [2.75, 3.05) is 51.5 Å². The van der Waals surface area contributed by atoms with Crippen molar-refractivity contribution in [3.8, 4) is 17.0 Å². The number of carbonyl (C=O) groups is 1. The molecule has 5 heterocycles. The highest BCUT2D eigenvalue weighted by molar-refractivity contribution is 7.99. The zero-order valence-electron chi connectivity index (χ0n) is 26.7. The molecule has 2 fully saturated rings. The highest BCUT2D eigenvalue weighted by Gasteiger charge is 2.47. The fraction of sp³-hybridized carbons (Fsp3) is 0.455. The van der Waals surface area contributed by atoms with Crippen LogP contribution in [0.1, 0.15) is 31.2 Å². The topological polar surface area (TPSA) is 149 Å². The first kappa shape index (κ1) is 33.4. The van der Waals surface area contributed by atoms with E-state index in [0.29, 0.717) is 58.4 Å². The smallest absolute Gasteiger partial charge is 0.258 e. The number of nitrogens with one attached hydrogen (secondary N) is 1. The number of aromatic nitrogens is 4. The maximum atomic E-state index is 12.0. The summed E-state index contributed by atoms with van der Waals surface area (Å²) in [5, 5.41) is 14.2. The van der Waals surface area contributed by atoms with Gasteiger partial charge < -0.3 is 39.7 Å². The third kappa shape index (κ3) is 7.06. The Morgan fingerprint density at radius 3 is 2.79 bits per heavy atom. The molecular formula is C33H40ClN7O5S. The number of ether oxygens (including phenoxy) is 3. The van der Waals surface area contributed by atoms with Gasteiger partial charge in [0, 0.05) is 61.1 Å². The number of benzene rings is 1. The lowest BCUT2D eigenvalue weighted by Crippen LogP contribution is -2.51. The maximum Gasteiger partial charge on any atom is 0.258 e. The number of pyridine rings is 1. The molecule has 1 spiro atoms. The molecule has 1 aromatic carbocycles. The standard InChI is InChI=1S/C33H40ClN7O5S/c1-20-32(39-25(17-42)30(37-20)40-12-8-33(9-13-40)19-46-21(2)29(33)35)47-26-7-11-41-16-24(38-31(41)28(26)34)22-5-4-6-23(15-22)45-18-27(43)36-10-14-44-3/h4-7,11,15-16,21,29,42H,8-10,12-14,17-19,35H2,1-3H3,(H,36,43)/t21-,29+/m0/s1. The second kappa shape index (κ2) is 14.3. The number of fused-ring (bicyclic) bond motifs is 1. The van der Waals surface area contributed by atoms with E-state index in [1.807, 2.05) is 54.9 Å². The van der Waals surface area contributed by atoms with E-state index in [9.17, 15) is 9.90 Å². The number of anilines is 1. The number of aryl methyl sites for hydroxylation is 1. The van der Waals surface area contributed by atoms with Gasteiger partial charge in [-0.05, 0) is 44.9 Å². The van der Waals surface area contributed by atoms with E-state index in [2.05, 4.69) is 10.2 Å². The maximum absolute atomic E-state index is 12.0. The Hall–Kier alpha value is -3.46. The first-order valence-corrected chi connectivity index (χ1v) is 16.8. The van der Waals surface area contributed by atoms with Crippen molar-refractivity contribution in [2.45, 2.75) is 55.4 Å². The third-order valence-electron chi connectivity index (χ3n) is 9.00. The minimum atomic E-state index is -0.227. The molecule has 4 N–H and O–H groups in total. The predicted molar refractivity (Wildman–Crippen MR) is 180 cm³/mol. The van der Waals surface area contributed by atoms with Gasteiger partial charge in [-0.25, -0.2) is 15.0 Å². The second-order valence-electron chi connectivity index (χ2n) is 12.0. The molecule has 3 aromatic heterocycles. The summed E-state index contributed by atoms with van der Waals surface area (Å²) in [6, 6.07) is 9.34. The SMILES string of the molecule is COCCNC(=O)COc1cccc(-c2cn3ccc(Sc4nc(CO)c(N5CCC6(CC5)CO[C@@H](C)[C@H]6N)nc4C)c(Cl)c3n2)c1. The molecule has 0 radical (unpaired) electrons. The van der Waals surface area contributed by atoms with E-state index in [-0.39, 0.29) is 36.7 Å². The minimum Gasteiger partial charge on any atom is -0.484 e. The van der Waals surface area contributed by atoms with Gasteiger partial charge >= 0.3 is 0 Å². The van der Waals surface area contributed by atoms with Gasteiger partial charge in [-0.3, -0.25) is 4.79 Å². The Morgan fingerprint density at radius 2 is 2.06 bits per heavy atom. The lowest BCUT2D eigenvalue weighted by Gasteiger charge is -2.42. The van der Waals surface area contributed by atoms with Crippen LogP contribution in [0.25, 0.3) is 16.9 Å². The summed E-state index contributed by atoms with van der Waals surface area (Å²) in [5.74, 6) is 1.04. The Morgan fingerprint density at radius 1 is 1.26 bits per heavy atom. The molecule has 2 aliphatic rings. The molecule has 2 saturated heterocycles. The summed E-state index contributed by atoms with van der Waals surface area (Å²) >= 11 is 8.30. The number of nitrogens with two attached hydrogens (primary N) is 1.